The molecule has 1 aliphatic rings. The molecular weight excluding hydrogens is 433 g/mol. The maximum atomic E-state index is 13.1. The molecule has 1 amide bonds. The van der Waals surface area contributed by atoms with Crippen molar-refractivity contribution >= 4 is 21.8 Å². The maximum Gasteiger partial charge on any atom is 0.232 e. The SMILES string of the molecule is CN(CCCc1cc(-c2ccc(F)cc2)n[nH]1)C(=O)C1(c2cccc(Br)c2)CC1. The molecule has 0 aliphatic heterocycles. The highest BCUT2D eigenvalue weighted by molar-refractivity contribution is 9.10. The number of halogens is 2. The molecule has 29 heavy (non-hydrogen) atoms. The van der Waals surface area contributed by atoms with Gasteiger partial charge in [-0.25, -0.2) is 4.39 Å². The lowest BCUT2D eigenvalue weighted by molar-refractivity contribution is -0.132. The fourth-order valence-electron chi connectivity index (χ4n) is 3.77. The number of hydrogen-bond donors (Lipinski definition) is 1. The summed E-state index contributed by atoms with van der Waals surface area (Å²) in [4.78, 5) is 14.9. The van der Waals surface area contributed by atoms with E-state index in [4.69, 9.17) is 0 Å². The van der Waals surface area contributed by atoms with Gasteiger partial charge in [0.1, 0.15) is 5.82 Å². The van der Waals surface area contributed by atoms with Gasteiger partial charge in [-0.15, -0.1) is 0 Å². The van der Waals surface area contributed by atoms with Crippen molar-refractivity contribution in [2.45, 2.75) is 31.1 Å². The number of H-pyrrole nitrogens is 1. The molecule has 0 spiro atoms. The van der Waals surface area contributed by atoms with Gasteiger partial charge in [0.05, 0.1) is 11.1 Å². The molecule has 150 valence electrons. The van der Waals surface area contributed by atoms with Crippen LogP contribution in [0.15, 0.2) is 59.1 Å². The molecule has 4 rings (SSSR count). The molecule has 0 atom stereocenters. The Morgan fingerprint density at radius 3 is 2.66 bits per heavy atom. The standard InChI is InChI=1S/C23H23BrFN3O/c1-28(22(29)23(11-12-23)17-4-2-5-18(24)14-17)13-3-6-20-15-21(27-26-20)16-7-9-19(25)10-8-16/h2,4-5,7-10,14-15H,3,6,11-13H2,1H3,(H,26,27). The number of amides is 1. The van der Waals surface area contributed by atoms with E-state index in [9.17, 15) is 9.18 Å². The van der Waals surface area contributed by atoms with Gasteiger partial charge in [-0.1, -0.05) is 28.1 Å². The van der Waals surface area contributed by atoms with Gasteiger partial charge >= 0.3 is 0 Å². The lowest BCUT2D eigenvalue weighted by Gasteiger charge is -2.24. The smallest absolute Gasteiger partial charge is 0.232 e. The van der Waals surface area contributed by atoms with Gasteiger partial charge in [0, 0.05) is 29.3 Å². The summed E-state index contributed by atoms with van der Waals surface area (Å²) in [6.07, 6.45) is 3.47. The fourth-order valence-corrected chi connectivity index (χ4v) is 4.17. The summed E-state index contributed by atoms with van der Waals surface area (Å²) in [6.45, 7) is 0.694. The molecule has 0 saturated heterocycles. The Bertz CT molecular complexity index is 1010. The molecule has 0 unspecified atom stereocenters. The number of benzene rings is 2. The van der Waals surface area contributed by atoms with Crippen molar-refractivity contribution in [3.05, 3.63) is 76.1 Å². The summed E-state index contributed by atoms with van der Waals surface area (Å²) in [5.41, 5.74) is 3.45. The molecule has 1 fully saturated rings. The van der Waals surface area contributed by atoms with E-state index >= 15 is 0 Å². The lowest BCUT2D eigenvalue weighted by atomic mass is 9.94. The van der Waals surface area contributed by atoms with Crippen molar-refractivity contribution in [3.8, 4) is 11.3 Å². The van der Waals surface area contributed by atoms with Crippen molar-refractivity contribution in [3.63, 3.8) is 0 Å². The van der Waals surface area contributed by atoms with Crippen LogP contribution in [-0.4, -0.2) is 34.6 Å². The Hall–Kier alpha value is -2.47. The number of nitrogens with zero attached hydrogens (tertiary/aromatic N) is 2. The Morgan fingerprint density at radius 1 is 1.21 bits per heavy atom. The normalized spacial score (nSPS) is 14.6. The first-order valence-corrected chi connectivity index (χ1v) is 10.6. The zero-order valence-corrected chi connectivity index (χ0v) is 17.9. The highest BCUT2D eigenvalue weighted by Crippen LogP contribution is 2.49. The first kappa shape index (κ1) is 19.8. The van der Waals surface area contributed by atoms with E-state index in [1.165, 1.54) is 12.1 Å². The summed E-state index contributed by atoms with van der Waals surface area (Å²) < 4.78 is 14.1. The zero-order chi connectivity index (χ0) is 20.4. The van der Waals surface area contributed by atoms with E-state index in [1.807, 2.05) is 36.2 Å². The third-order valence-corrected chi connectivity index (χ3v) is 6.09. The second-order valence-electron chi connectivity index (χ2n) is 7.71. The summed E-state index contributed by atoms with van der Waals surface area (Å²) in [5, 5.41) is 7.36. The number of aromatic amines is 1. The molecule has 0 radical (unpaired) electrons. The molecule has 1 N–H and O–H groups in total. The van der Waals surface area contributed by atoms with Crippen molar-refractivity contribution in [2.75, 3.05) is 13.6 Å². The Balaban J connectivity index is 1.33. The van der Waals surface area contributed by atoms with Crippen LogP contribution in [0.25, 0.3) is 11.3 Å². The molecule has 1 aliphatic carbocycles. The first-order chi connectivity index (χ1) is 14.0. The highest BCUT2D eigenvalue weighted by Gasteiger charge is 2.52. The van der Waals surface area contributed by atoms with Crippen LogP contribution in [0.5, 0.6) is 0 Å². The van der Waals surface area contributed by atoms with Gasteiger partial charge in [0.15, 0.2) is 0 Å². The van der Waals surface area contributed by atoms with Crippen LogP contribution in [0.4, 0.5) is 4.39 Å². The van der Waals surface area contributed by atoms with Crippen LogP contribution in [0, 0.1) is 5.82 Å². The zero-order valence-electron chi connectivity index (χ0n) is 16.3. The van der Waals surface area contributed by atoms with E-state index in [0.717, 1.165) is 52.7 Å². The predicted octanol–water partition coefficient (Wildman–Crippen LogP) is 5.10. The third-order valence-electron chi connectivity index (χ3n) is 5.59. The van der Waals surface area contributed by atoms with Crippen molar-refractivity contribution < 1.29 is 9.18 Å². The fraction of sp³-hybridized carbons (Fsp3) is 0.304. The molecule has 3 aromatic rings. The molecule has 0 bridgehead atoms. The van der Waals surface area contributed by atoms with Gasteiger partial charge in [-0.05, 0) is 73.7 Å². The number of aromatic nitrogens is 2. The van der Waals surface area contributed by atoms with E-state index in [1.54, 1.807) is 12.1 Å². The van der Waals surface area contributed by atoms with Gasteiger partial charge in [0.2, 0.25) is 5.91 Å². The number of rotatable bonds is 7. The van der Waals surface area contributed by atoms with Crippen LogP contribution < -0.4 is 0 Å². The van der Waals surface area contributed by atoms with Crippen molar-refractivity contribution in [1.82, 2.24) is 15.1 Å². The van der Waals surface area contributed by atoms with Crippen molar-refractivity contribution in [2.24, 2.45) is 0 Å². The van der Waals surface area contributed by atoms with Crippen LogP contribution in [0.3, 0.4) is 0 Å². The Labute approximate surface area is 178 Å². The average Bonchev–Trinajstić information content (AvgIpc) is 3.40. The number of carbonyl (C=O) groups is 1. The summed E-state index contributed by atoms with van der Waals surface area (Å²) in [6, 6.07) is 16.4. The van der Waals surface area contributed by atoms with Crippen molar-refractivity contribution in [1.29, 1.82) is 0 Å². The van der Waals surface area contributed by atoms with E-state index in [2.05, 4.69) is 32.2 Å². The monoisotopic (exact) mass is 455 g/mol. The number of hydrogen-bond acceptors (Lipinski definition) is 2. The minimum absolute atomic E-state index is 0.201. The second kappa shape index (κ2) is 8.11. The number of nitrogens with one attached hydrogen (secondary N) is 1. The second-order valence-corrected chi connectivity index (χ2v) is 8.62. The molecule has 2 aromatic carbocycles. The van der Waals surface area contributed by atoms with E-state index in [0.29, 0.717) is 6.54 Å². The first-order valence-electron chi connectivity index (χ1n) is 9.80. The number of aryl methyl sites for hydroxylation is 1. The number of carbonyl (C=O) groups excluding carboxylic acids is 1. The van der Waals surface area contributed by atoms with Gasteiger partial charge in [0.25, 0.3) is 0 Å². The quantitative estimate of drug-likeness (QED) is 0.538. The lowest BCUT2D eigenvalue weighted by Crippen LogP contribution is -2.37. The van der Waals surface area contributed by atoms with Gasteiger partial charge in [-0.3, -0.25) is 9.89 Å². The summed E-state index contributed by atoms with van der Waals surface area (Å²) >= 11 is 3.51. The molecule has 1 heterocycles. The van der Waals surface area contributed by atoms with E-state index in [-0.39, 0.29) is 17.1 Å². The minimum atomic E-state index is -0.345. The molecule has 6 heteroatoms. The van der Waals surface area contributed by atoms with E-state index < -0.39 is 0 Å². The largest absolute Gasteiger partial charge is 0.345 e. The minimum Gasteiger partial charge on any atom is -0.345 e. The van der Waals surface area contributed by atoms with Gasteiger partial charge < -0.3 is 4.90 Å². The summed E-state index contributed by atoms with van der Waals surface area (Å²) in [5.74, 6) is -0.0549. The summed E-state index contributed by atoms with van der Waals surface area (Å²) in [7, 11) is 1.89. The highest BCUT2D eigenvalue weighted by atomic mass is 79.9. The van der Waals surface area contributed by atoms with Crippen LogP contribution in [-0.2, 0) is 16.6 Å². The molecule has 1 aromatic heterocycles. The average molecular weight is 456 g/mol. The Morgan fingerprint density at radius 2 is 1.97 bits per heavy atom. The molecule has 4 nitrogen and oxygen atoms in total. The van der Waals surface area contributed by atoms with Crippen LogP contribution in [0.1, 0.15) is 30.5 Å². The topological polar surface area (TPSA) is 49.0 Å². The predicted molar refractivity (Wildman–Crippen MR) is 115 cm³/mol. The molecular formula is C23H23BrFN3O. The van der Waals surface area contributed by atoms with Crippen LogP contribution >= 0.6 is 15.9 Å². The Kier molecular flexibility index (Phi) is 5.54. The third kappa shape index (κ3) is 4.27. The number of likely N-dealkylation sites (N-methyl/N-ethyl adjacent to an activating group) is 1. The molecule has 1 saturated carbocycles. The van der Waals surface area contributed by atoms with Crippen LogP contribution in [0.2, 0.25) is 0 Å². The van der Waals surface area contributed by atoms with Gasteiger partial charge in [-0.2, -0.15) is 5.10 Å². The maximum absolute atomic E-state index is 13.1.